The van der Waals surface area contributed by atoms with Crippen LogP contribution < -0.4 is 20.1 Å². The molecule has 3 rings (SSSR count). The molecule has 1 atom stereocenters. The Hall–Kier alpha value is -3.02. The summed E-state index contributed by atoms with van der Waals surface area (Å²) < 4.78 is 11.2. The van der Waals surface area contributed by atoms with E-state index in [9.17, 15) is 9.59 Å². The van der Waals surface area contributed by atoms with Crippen molar-refractivity contribution in [2.24, 2.45) is 0 Å². The summed E-state index contributed by atoms with van der Waals surface area (Å²) in [5.74, 6) is 0.610. The molecular weight excluding hydrogens is 380 g/mol. The van der Waals surface area contributed by atoms with Gasteiger partial charge >= 0.3 is 0 Å². The van der Waals surface area contributed by atoms with Crippen molar-refractivity contribution >= 4 is 17.5 Å². The van der Waals surface area contributed by atoms with Crippen LogP contribution in [0.25, 0.3) is 0 Å². The maximum Gasteiger partial charge on any atom is 0.265 e. The van der Waals surface area contributed by atoms with Gasteiger partial charge in [0.15, 0.2) is 17.6 Å². The number of ether oxygens (including phenoxy) is 2. The largest absolute Gasteiger partial charge is 0.493 e. The Bertz CT molecular complexity index is 862. The molecule has 160 valence electrons. The van der Waals surface area contributed by atoms with Crippen molar-refractivity contribution in [1.82, 2.24) is 5.32 Å². The SMILES string of the molecule is CC[C@H](Oc1ccccc1OC)C(=O)Nc1ccccc1C(=O)NC1CCCCC1. The molecule has 0 unspecified atom stereocenters. The second-order valence-corrected chi connectivity index (χ2v) is 7.51. The fourth-order valence-electron chi connectivity index (χ4n) is 3.71. The third-order valence-corrected chi connectivity index (χ3v) is 5.37. The molecule has 6 heteroatoms. The summed E-state index contributed by atoms with van der Waals surface area (Å²) in [4.78, 5) is 25.7. The number of benzene rings is 2. The highest BCUT2D eigenvalue weighted by Gasteiger charge is 2.23. The van der Waals surface area contributed by atoms with Gasteiger partial charge in [-0.3, -0.25) is 9.59 Å². The quantitative estimate of drug-likeness (QED) is 0.669. The highest BCUT2D eigenvalue weighted by molar-refractivity contribution is 6.04. The zero-order valence-corrected chi connectivity index (χ0v) is 17.6. The molecule has 1 saturated carbocycles. The lowest BCUT2D eigenvalue weighted by Crippen LogP contribution is -2.37. The second-order valence-electron chi connectivity index (χ2n) is 7.51. The van der Waals surface area contributed by atoms with Gasteiger partial charge in [-0.25, -0.2) is 0 Å². The third-order valence-electron chi connectivity index (χ3n) is 5.37. The zero-order chi connectivity index (χ0) is 21.3. The molecule has 2 aromatic rings. The number of methoxy groups -OCH3 is 1. The van der Waals surface area contributed by atoms with Gasteiger partial charge in [0.2, 0.25) is 0 Å². The smallest absolute Gasteiger partial charge is 0.265 e. The average molecular weight is 411 g/mol. The van der Waals surface area contributed by atoms with E-state index in [0.29, 0.717) is 29.2 Å². The zero-order valence-electron chi connectivity index (χ0n) is 17.6. The van der Waals surface area contributed by atoms with Crippen molar-refractivity contribution < 1.29 is 19.1 Å². The van der Waals surface area contributed by atoms with Crippen LogP contribution in [0, 0.1) is 0 Å². The number of carbonyl (C=O) groups is 2. The van der Waals surface area contributed by atoms with Crippen molar-refractivity contribution in [3.8, 4) is 11.5 Å². The van der Waals surface area contributed by atoms with E-state index in [-0.39, 0.29) is 17.9 Å². The molecule has 2 N–H and O–H groups in total. The van der Waals surface area contributed by atoms with Gasteiger partial charge in [-0.05, 0) is 43.5 Å². The Morgan fingerprint density at radius 3 is 2.37 bits per heavy atom. The predicted molar refractivity (Wildman–Crippen MR) is 117 cm³/mol. The molecule has 30 heavy (non-hydrogen) atoms. The van der Waals surface area contributed by atoms with Gasteiger partial charge in [0.25, 0.3) is 11.8 Å². The molecule has 0 radical (unpaired) electrons. The van der Waals surface area contributed by atoms with E-state index in [1.807, 2.05) is 19.1 Å². The monoisotopic (exact) mass is 410 g/mol. The molecule has 2 aromatic carbocycles. The van der Waals surface area contributed by atoms with Gasteiger partial charge in [0.05, 0.1) is 18.4 Å². The van der Waals surface area contributed by atoms with Crippen LogP contribution in [0.4, 0.5) is 5.69 Å². The minimum atomic E-state index is -0.712. The Balaban J connectivity index is 1.70. The molecule has 1 aliphatic carbocycles. The van der Waals surface area contributed by atoms with E-state index in [4.69, 9.17) is 9.47 Å². The highest BCUT2D eigenvalue weighted by atomic mass is 16.5. The second kappa shape index (κ2) is 10.7. The van der Waals surface area contributed by atoms with Gasteiger partial charge in [0, 0.05) is 6.04 Å². The first-order valence-electron chi connectivity index (χ1n) is 10.6. The number of anilines is 1. The number of nitrogens with one attached hydrogen (secondary N) is 2. The maximum absolute atomic E-state index is 12.9. The minimum absolute atomic E-state index is 0.156. The van der Waals surface area contributed by atoms with Crippen molar-refractivity contribution in [2.75, 3.05) is 12.4 Å². The first-order chi connectivity index (χ1) is 14.6. The van der Waals surface area contributed by atoms with Crippen LogP contribution in [-0.4, -0.2) is 31.1 Å². The highest BCUT2D eigenvalue weighted by Crippen LogP contribution is 2.28. The lowest BCUT2D eigenvalue weighted by Gasteiger charge is -2.23. The van der Waals surface area contributed by atoms with Crippen LogP contribution in [0.5, 0.6) is 11.5 Å². The summed E-state index contributed by atoms with van der Waals surface area (Å²) in [7, 11) is 1.56. The Morgan fingerprint density at radius 1 is 1.00 bits per heavy atom. The topological polar surface area (TPSA) is 76.7 Å². The number of hydrogen-bond acceptors (Lipinski definition) is 4. The van der Waals surface area contributed by atoms with E-state index in [2.05, 4.69) is 10.6 Å². The lowest BCUT2D eigenvalue weighted by atomic mass is 9.95. The number of para-hydroxylation sites is 3. The van der Waals surface area contributed by atoms with E-state index in [0.717, 1.165) is 25.7 Å². The molecule has 0 aliphatic heterocycles. The summed E-state index contributed by atoms with van der Waals surface area (Å²) in [6.07, 6.45) is 5.28. The fraction of sp³-hybridized carbons (Fsp3) is 0.417. The lowest BCUT2D eigenvalue weighted by molar-refractivity contribution is -0.122. The van der Waals surface area contributed by atoms with Gasteiger partial charge in [-0.15, -0.1) is 0 Å². The third kappa shape index (κ3) is 5.53. The standard InChI is InChI=1S/C24H30N2O4/c1-3-20(30-22-16-10-9-15-21(22)29-2)24(28)26-19-14-8-7-13-18(19)23(27)25-17-11-5-4-6-12-17/h7-10,13-17,20H,3-6,11-12H2,1-2H3,(H,25,27)(H,26,28)/t20-/m0/s1. The van der Waals surface area contributed by atoms with Gasteiger partial charge < -0.3 is 20.1 Å². The maximum atomic E-state index is 12.9. The number of amides is 2. The molecule has 0 bridgehead atoms. The molecule has 1 fully saturated rings. The molecule has 1 aliphatic rings. The van der Waals surface area contributed by atoms with Gasteiger partial charge in [-0.2, -0.15) is 0 Å². The minimum Gasteiger partial charge on any atom is -0.493 e. The van der Waals surface area contributed by atoms with Crippen LogP contribution in [0.3, 0.4) is 0 Å². The summed E-state index contributed by atoms with van der Waals surface area (Å²) >= 11 is 0. The molecule has 0 aromatic heterocycles. The molecule has 6 nitrogen and oxygen atoms in total. The molecule has 0 spiro atoms. The van der Waals surface area contributed by atoms with E-state index >= 15 is 0 Å². The average Bonchev–Trinajstić information content (AvgIpc) is 2.78. The van der Waals surface area contributed by atoms with E-state index in [1.54, 1.807) is 43.5 Å². The first kappa shape index (κ1) is 21.7. The van der Waals surface area contributed by atoms with Crippen LogP contribution in [-0.2, 0) is 4.79 Å². The Morgan fingerprint density at radius 2 is 1.67 bits per heavy atom. The predicted octanol–water partition coefficient (Wildman–Crippen LogP) is 4.55. The summed E-state index contributed by atoms with van der Waals surface area (Å²) in [6, 6.07) is 14.5. The Kier molecular flexibility index (Phi) is 7.71. The number of rotatable bonds is 8. The summed E-state index contributed by atoms with van der Waals surface area (Å²) in [6.45, 7) is 1.88. The number of hydrogen-bond donors (Lipinski definition) is 2. The van der Waals surface area contributed by atoms with Gasteiger partial charge in [-0.1, -0.05) is 50.5 Å². The van der Waals surface area contributed by atoms with E-state index < -0.39 is 6.10 Å². The normalized spacial score (nSPS) is 15.1. The van der Waals surface area contributed by atoms with Crippen molar-refractivity contribution in [1.29, 1.82) is 0 Å². The van der Waals surface area contributed by atoms with Crippen LogP contribution in [0.1, 0.15) is 55.8 Å². The molecular formula is C24H30N2O4. The molecule has 0 heterocycles. The first-order valence-corrected chi connectivity index (χ1v) is 10.6. The van der Waals surface area contributed by atoms with Crippen LogP contribution in [0.15, 0.2) is 48.5 Å². The Labute approximate surface area is 178 Å². The van der Waals surface area contributed by atoms with Crippen molar-refractivity contribution in [2.45, 2.75) is 57.6 Å². The summed E-state index contributed by atoms with van der Waals surface area (Å²) in [5, 5.41) is 5.98. The van der Waals surface area contributed by atoms with Crippen LogP contribution in [0.2, 0.25) is 0 Å². The fourth-order valence-corrected chi connectivity index (χ4v) is 3.71. The summed E-state index contributed by atoms with van der Waals surface area (Å²) in [5.41, 5.74) is 0.946. The van der Waals surface area contributed by atoms with Gasteiger partial charge in [0.1, 0.15) is 0 Å². The van der Waals surface area contributed by atoms with Crippen LogP contribution >= 0.6 is 0 Å². The number of carbonyl (C=O) groups excluding carboxylic acids is 2. The molecule has 2 amide bonds. The van der Waals surface area contributed by atoms with Crippen molar-refractivity contribution in [3.63, 3.8) is 0 Å². The van der Waals surface area contributed by atoms with Crippen molar-refractivity contribution in [3.05, 3.63) is 54.1 Å². The van der Waals surface area contributed by atoms with E-state index in [1.165, 1.54) is 6.42 Å². The molecule has 0 saturated heterocycles.